The number of hydrogen-bond donors (Lipinski definition) is 3. The molecule has 4 N–H and O–H groups in total. The van der Waals surface area contributed by atoms with Crippen LogP contribution in [0.3, 0.4) is 0 Å². The molecule has 0 fully saturated rings. The number of nitrogens with two attached hydrogens (primary N) is 1. The van der Waals surface area contributed by atoms with E-state index in [0.29, 0.717) is 23.4 Å². The predicted octanol–water partition coefficient (Wildman–Crippen LogP) is 2.51. The van der Waals surface area contributed by atoms with E-state index in [9.17, 15) is 10.2 Å². The van der Waals surface area contributed by atoms with Crippen molar-refractivity contribution in [2.24, 2.45) is 10.7 Å². The van der Waals surface area contributed by atoms with E-state index in [4.69, 9.17) is 5.73 Å². The first-order chi connectivity index (χ1) is 9.66. The topological polar surface area (TPSA) is 78.8 Å². The van der Waals surface area contributed by atoms with Crippen LogP contribution in [-0.2, 0) is 16.8 Å². The molecule has 0 aromatic heterocycles. The van der Waals surface area contributed by atoms with E-state index >= 15 is 0 Å². The van der Waals surface area contributed by atoms with Crippen LogP contribution >= 0.6 is 0 Å². The van der Waals surface area contributed by atoms with Gasteiger partial charge in [0.1, 0.15) is 11.5 Å². The molecular weight excluding hydrogens is 311 g/mol. The predicted molar refractivity (Wildman–Crippen MR) is 80.8 cm³/mol. The molecule has 0 amide bonds. The minimum absolute atomic E-state index is 0. The van der Waals surface area contributed by atoms with Crippen LogP contribution in [0, 0.1) is 0 Å². The van der Waals surface area contributed by atoms with Crippen LogP contribution in [0.25, 0.3) is 6.08 Å². The van der Waals surface area contributed by atoms with Crippen molar-refractivity contribution in [3.05, 3.63) is 65.4 Å². The zero-order chi connectivity index (χ0) is 14.4. The van der Waals surface area contributed by atoms with Crippen molar-refractivity contribution in [2.45, 2.75) is 0 Å². The largest absolute Gasteiger partial charge is 0.507 e. The first-order valence-corrected chi connectivity index (χ1v) is 6.18. The molecule has 2 aromatic rings. The van der Waals surface area contributed by atoms with Crippen LogP contribution < -0.4 is 5.73 Å². The first-order valence-electron chi connectivity index (χ1n) is 6.18. The number of phenolic OH excluding ortho intramolecular Hbond substituents is 2. The summed E-state index contributed by atoms with van der Waals surface area (Å²) in [4.78, 5) is 4.17. The Morgan fingerprint density at radius 2 is 1.48 bits per heavy atom. The summed E-state index contributed by atoms with van der Waals surface area (Å²) >= 11 is 0. The minimum atomic E-state index is 0. The quantitative estimate of drug-likeness (QED) is 0.755. The fourth-order valence-corrected chi connectivity index (χ4v) is 1.70. The Morgan fingerprint density at radius 3 is 2.05 bits per heavy atom. The van der Waals surface area contributed by atoms with Gasteiger partial charge in [-0.1, -0.05) is 30.3 Å². The van der Waals surface area contributed by atoms with Gasteiger partial charge in [-0.3, -0.25) is 4.99 Å². The molecule has 0 bridgehead atoms. The molecule has 111 valence electrons. The van der Waals surface area contributed by atoms with Crippen molar-refractivity contribution < 1.29 is 27.0 Å². The average molecular weight is 327 g/mol. The number of hydrogen-bond acceptors (Lipinski definition) is 4. The number of nitrogens with zero attached hydrogens (tertiary/aromatic N) is 1. The first kappa shape index (κ1) is 16.8. The van der Waals surface area contributed by atoms with Crippen LogP contribution in [-0.4, -0.2) is 23.0 Å². The summed E-state index contributed by atoms with van der Waals surface area (Å²) in [5, 5.41) is 19.2. The van der Waals surface area contributed by atoms with E-state index in [1.54, 1.807) is 48.7 Å². The Bertz CT molecular complexity index is 654. The van der Waals surface area contributed by atoms with Crippen molar-refractivity contribution in [1.29, 1.82) is 0 Å². The second-order valence-electron chi connectivity index (χ2n) is 4.31. The molecule has 0 aliphatic carbocycles. The summed E-state index contributed by atoms with van der Waals surface area (Å²) in [5.41, 5.74) is 7.67. The van der Waals surface area contributed by atoms with Crippen molar-refractivity contribution in [2.75, 3.05) is 6.54 Å². The third-order valence-corrected chi connectivity index (χ3v) is 2.72. The maximum absolute atomic E-state index is 9.63. The number of aliphatic imine (C=N–C) groups is 1. The number of phenols is 2. The third kappa shape index (κ3) is 4.98. The van der Waals surface area contributed by atoms with Crippen LogP contribution in [0.15, 0.2) is 59.2 Å². The van der Waals surface area contributed by atoms with Crippen LogP contribution in [0.2, 0.25) is 0 Å². The Hall–Kier alpha value is -2.24. The van der Waals surface area contributed by atoms with Gasteiger partial charge in [-0.2, -0.15) is 0 Å². The molecule has 0 unspecified atom stereocenters. The maximum atomic E-state index is 9.63. The molecule has 0 heterocycles. The fourth-order valence-electron chi connectivity index (χ4n) is 1.70. The zero-order valence-corrected chi connectivity index (χ0v) is 12.3. The van der Waals surface area contributed by atoms with Gasteiger partial charge in [0.05, 0.1) is 6.54 Å². The Labute approximate surface area is 133 Å². The van der Waals surface area contributed by atoms with Gasteiger partial charge in [-0.25, -0.2) is 0 Å². The molecule has 0 spiro atoms. The Kier molecular flexibility index (Phi) is 6.51. The second-order valence-corrected chi connectivity index (χ2v) is 4.31. The van der Waals surface area contributed by atoms with Gasteiger partial charge in [0.2, 0.25) is 0 Å². The normalized spacial score (nSPS) is 11.3. The van der Waals surface area contributed by atoms with E-state index in [-0.39, 0.29) is 28.3 Å². The molecule has 1 radical (unpaired) electrons. The van der Waals surface area contributed by atoms with Crippen molar-refractivity contribution in [1.82, 2.24) is 0 Å². The smallest absolute Gasteiger partial charge is 0.124 e. The van der Waals surface area contributed by atoms with Crippen LogP contribution in [0.1, 0.15) is 11.1 Å². The average Bonchev–Trinajstić information content (AvgIpc) is 2.43. The van der Waals surface area contributed by atoms with Crippen molar-refractivity contribution in [3.63, 3.8) is 0 Å². The molecule has 0 atom stereocenters. The number of para-hydroxylation sites is 2. The van der Waals surface area contributed by atoms with Crippen molar-refractivity contribution >= 4 is 12.3 Å². The van der Waals surface area contributed by atoms with Gasteiger partial charge >= 0.3 is 0 Å². The van der Waals surface area contributed by atoms with Gasteiger partial charge in [0.15, 0.2) is 0 Å². The SMILES string of the molecule is NC(=Cc1ccccc1O)CN=Cc1ccccc1O.[Co]. The van der Waals surface area contributed by atoms with Gasteiger partial charge in [0.25, 0.3) is 0 Å². The number of aromatic hydroxyl groups is 2. The number of benzene rings is 2. The fraction of sp³-hybridized carbons (Fsp3) is 0.0625. The summed E-state index contributed by atoms with van der Waals surface area (Å²) in [6.45, 7) is 0.294. The van der Waals surface area contributed by atoms with Crippen molar-refractivity contribution in [3.8, 4) is 11.5 Å². The van der Waals surface area contributed by atoms with Gasteiger partial charge in [-0.15, -0.1) is 0 Å². The summed E-state index contributed by atoms with van der Waals surface area (Å²) in [5.74, 6) is 0.361. The monoisotopic (exact) mass is 327 g/mol. The molecule has 0 aliphatic heterocycles. The Balaban J connectivity index is 0.00000220. The summed E-state index contributed by atoms with van der Waals surface area (Å²) in [6.07, 6.45) is 3.25. The molecular formula is C16H16CoN2O2. The van der Waals surface area contributed by atoms with Gasteiger partial charge in [0, 0.05) is 39.8 Å². The Morgan fingerprint density at radius 1 is 0.952 bits per heavy atom. The summed E-state index contributed by atoms with van der Waals surface area (Å²) in [7, 11) is 0. The maximum Gasteiger partial charge on any atom is 0.124 e. The molecule has 2 rings (SSSR count). The molecule has 0 saturated heterocycles. The molecule has 0 saturated carbocycles. The van der Waals surface area contributed by atoms with Crippen LogP contribution in [0.4, 0.5) is 0 Å². The van der Waals surface area contributed by atoms with Gasteiger partial charge < -0.3 is 15.9 Å². The second kappa shape index (κ2) is 8.13. The van der Waals surface area contributed by atoms with E-state index in [1.807, 2.05) is 12.1 Å². The van der Waals surface area contributed by atoms with Gasteiger partial charge in [-0.05, 0) is 24.3 Å². The van der Waals surface area contributed by atoms with Crippen LogP contribution in [0.5, 0.6) is 11.5 Å². The standard InChI is InChI=1S/C16H16N2O2.Co/c17-14(9-12-5-1-3-7-15(12)19)11-18-10-13-6-2-4-8-16(13)20;/h1-10,19-20H,11,17H2;. The summed E-state index contributed by atoms with van der Waals surface area (Å²) < 4.78 is 0. The van der Waals surface area contributed by atoms with E-state index in [0.717, 1.165) is 0 Å². The molecule has 21 heavy (non-hydrogen) atoms. The molecule has 2 aromatic carbocycles. The molecule has 5 heteroatoms. The van der Waals surface area contributed by atoms with E-state index in [1.165, 1.54) is 0 Å². The number of rotatable bonds is 4. The minimum Gasteiger partial charge on any atom is -0.507 e. The van der Waals surface area contributed by atoms with E-state index < -0.39 is 0 Å². The molecule has 4 nitrogen and oxygen atoms in total. The molecule has 0 aliphatic rings. The summed E-state index contributed by atoms with van der Waals surface area (Å²) in [6, 6.07) is 13.9. The van der Waals surface area contributed by atoms with E-state index in [2.05, 4.69) is 4.99 Å². The third-order valence-electron chi connectivity index (χ3n) is 2.72. The zero-order valence-electron chi connectivity index (χ0n) is 11.2.